The van der Waals surface area contributed by atoms with Crippen molar-refractivity contribution in [2.45, 2.75) is 32.1 Å². The van der Waals surface area contributed by atoms with Crippen molar-refractivity contribution in [2.75, 3.05) is 13.1 Å². The van der Waals surface area contributed by atoms with Crippen molar-refractivity contribution < 1.29 is 0 Å². The van der Waals surface area contributed by atoms with Crippen molar-refractivity contribution in [3.63, 3.8) is 0 Å². The highest BCUT2D eigenvalue weighted by molar-refractivity contribution is 5.18. The molecule has 0 aliphatic carbocycles. The van der Waals surface area contributed by atoms with E-state index in [-0.39, 0.29) is 0 Å². The largest absolute Gasteiger partial charge is 0.317 e. The topological polar surface area (TPSA) is 53.6 Å². The van der Waals surface area contributed by atoms with Gasteiger partial charge in [0.05, 0.1) is 0 Å². The summed E-state index contributed by atoms with van der Waals surface area (Å²) >= 11 is 0. The van der Waals surface area contributed by atoms with Crippen LogP contribution in [-0.4, -0.2) is 28.3 Å². The van der Waals surface area contributed by atoms with E-state index in [9.17, 15) is 0 Å². The van der Waals surface area contributed by atoms with Gasteiger partial charge in [0.1, 0.15) is 12.2 Å². The third-order valence-corrected chi connectivity index (χ3v) is 3.35. The fourth-order valence-corrected chi connectivity index (χ4v) is 2.12. The van der Waals surface area contributed by atoms with Gasteiger partial charge in [0.25, 0.3) is 0 Å². The molecule has 1 aromatic heterocycles. The highest BCUT2D eigenvalue weighted by Gasteiger charge is 2.03. The first-order valence-corrected chi connectivity index (χ1v) is 6.96. The van der Waals surface area contributed by atoms with Gasteiger partial charge in [-0.2, -0.15) is 5.10 Å². The zero-order valence-electron chi connectivity index (χ0n) is 11.5. The number of nitrogens with zero attached hydrogens (tertiary/aromatic N) is 2. The molecule has 2 N–H and O–H groups in total. The van der Waals surface area contributed by atoms with E-state index in [4.69, 9.17) is 0 Å². The summed E-state index contributed by atoms with van der Waals surface area (Å²) in [5.74, 6) is 1.59. The number of hydrogen-bond donors (Lipinski definition) is 2. The first kappa shape index (κ1) is 13.7. The van der Waals surface area contributed by atoms with Crippen LogP contribution in [0, 0.1) is 0 Å². The van der Waals surface area contributed by atoms with E-state index in [2.05, 4.69) is 57.8 Å². The summed E-state index contributed by atoms with van der Waals surface area (Å²) in [6.45, 7) is 4.38. The quantitative estimate of drug-likeness (QED) is 0.715. The van der Waals surface area contributed by atoms with E-state index in [1.165, 1.54) is 12.0 Å². The minimum absolute atomic E-state index is 0.614. The van der Waals surface area contributed by atoms with E-state index in [1.807, 2.05) is 0 Å². The molecule has 2 rings (SSSR count). The summed E-state index contributed by atoms with van der Waals surface area (Å²) in [5.41, 5.74) is 1.42. The normalized spacial score (nSPS) is 12.5. The Morgan fingerprint density at radius 3 is 2.79 bits per heavy atom. The molecule has 0 fully saturated rings. The summed E-state index contributed by atoms with van der Waals surface area (Å²) in [4.78, 5) is 4.11. The van der Waals surface area contributed by atoms with Gasteiger partial charge in [0, 0.05) is 6.42 Å². The third kappa shape index (κ3) is 4.83. The fraction of sp³-hybridized carbons (Fsp3) is 0.467. The highest BCUT2D eigenvalue weighted by atomic mass is 15.2. The number of aryl methyl sites for hydroxylation is 1. The molecule has 4 heteroatoms. The van der Waals surface area contributed by atoms with Crippen LogP contribution in [0.25, 0.3) is 0 Å². The maximum absolute atomic E-state index is 4.11. The van der Waals surface area contributed by atoms with Crippen LogP contribution in [-0.2, 0) is 6.42 Å². The zero-order valence-corrected chi connectivity index (χ0v) is 11.5. The van der Waals surface area contributed by atoms with Crippen LogP contribution in [0.2, 0.25) is 0 Å². The maximum atomic E-state index is 4.11. The van der Waals surface area contributed by atoms with Gasteiger partial charge in [-0.1, -0.05) is 37.3 Å². The lowest BCUT2D eigenvalue weighted by Crippen LogP contribution is -2.19. The monoisotopic (exact) mass is 258 g/mol. The molecule has 0 radical (unpaired) electrons. The van der Waals surface area contributed by atoms with E-state index in [0.717, 1.165) is 31.8 Å². The van der Waals surface area contributed by atoms with Crippen LogP contribution in [0.15, 0.2) is 36.7 Å². The van der Waals surface area contributed by atoms with Gasteiger partial charge in [0.15, 0.2) is 0 Å². The molecule has 0 saturated carbocycles. The van der Waals surface area contributed by atoms with Gasteiger partial charge in [-0.25, -0.2) is 4.98 Å². The lowest BCUT2D eigenvalue weighted by atomic mass is 9.98. The molecule has 2 aromatic rings. The Bertz CT molecular complexity index is 438. The fourth-order valence-electron chi connectivity index (χ4n) is 2.12. The Kier molecular flexibility index (Phi) is 5.56. The van der Waals surface area contributed by atoms with Crippen LogP contribution < -0.4 is 5.32 Å². The first-order chi connectivity index (χ1) is 9.36. The summed E-state index contributed by atoms with van der Waals surface area (Å²) in [7, 11) is 0. The Morgan fingerprint density at radius 2 is 2.05 bits per heavy atom. The number of hydrogen-bond acceptors (Lipinski definition) is 3. The summed E-state index contributed by atoms with van der Waals surface area (Å²) in [6, 6.07) is 10.7. The summed E-state index contributed by atoms with van der Waals surface area (Å²) in [6.07, 6.45) is 4.78. The minimum atomic E-state index is 0.614. The average Bonchev–Trinajstić information content (AvgIpc) is 2.96. The molecule has 1 heterocycles. The molecule has 0 aliphatic rings. The Morgan fingerprint density at radius 1 is 1.21 bits per heavy atom. The number of aromatic amines is 1. The Hall–Kier alpha value is -1.68. The van der Waals surface area contributed by atoms with E-state index in [0.29, 0.717) is 5.92 Å². The van der Waals surface area contributed by atoms with Gasteiger partial charge in [-0.05, 0) is 37.4 Å². The molecule has 0 saturated heterocycles. The molecule has 0 amide bonds. The van der Waals surface area contributed by atoms with Crippen LogP contribution >= 0.6 is 0 Å². The lowest BCUT2D eigenvalue weighted by molar-refractivity contribution is 0.578. The van der Waals surface area contributed by atoms with Crippen LogP contribution in [0.1, 0.15) is 37.1 Å². The van der Waals surface area contributed by atoms with Gasteiger partial charge in [-0.3, -0.25) is 5.10 Å². The zero-order chi connectivity index (χ0) is 13.3. The number of nitrogens with one attached hydrogen (secondary N) is 2. The number of H-pyrrole nitrogens is 1. The second-order valence-electron chi connectivity index (χ2n) is 4.89. The van der Waals surface area contributed by atoms with Gasteiger partial charge >= 0.3 is 0 Å². The molecule has 4 nitrogen and oxygen atoms in total. The molecule has 1 aromatic carbocycles. The third-order valence-electron chi connectivity index (χ3n) is 3.35. The van der Waals surface area contributed by atoms with Crippen molar-refractivity contribution in [3.05, 3.63) is 48.0 Å². The molecule has 0 spiro atoms. The van der Waals surface area contributed by atoms with Gasteiger partial charge in [0.2, 0.25) is 0 Å². The van der Waals surface area contributed by atoms with E-state index < -0.39 is 0 Å². The van der Waals surface area contributed by atoms with Crippen molar-refractivity contribution in [1.29, 1.82) is 0 Å². The molecule has 102 valence electrons. The molecule has 1 atom stereocenters. The van der Waals surface area contributed by atoms with Crippen molar-refractivity contribution in [2.24, 2.45) is 0 Å². The van der Waals surface area contributed by atoms with Crippen LogP contribution in [0.4, 0.5) is 0 Å². The Balaban J connectivity index is 1.54. The highest BCUT2D eigenvalue weighted by Crippen LogP contribution is 2.17. The standard InChI is InChI=1S/C15H22N4/c1-13(14-6-3-2-4-7-14)9-11-16-10-5-8-15-17-12-18-19-15/h2-4,6-7,12-13,16H,5,8-11H2,1H3,(H,17,18,19). The second-order valence-corrected chi connectivity index (χ2v) is 4.89. The minimum Gasteiger partial charge on any atom is -0.317 e. The number of benzene rings is 1. The smallest absolute Gasteiger partial charge is 0.137 e. The Labute approximate surface area is 114 Å². The predicted octanol–water partition coefficient (Wildman–Crippen LogP) is 2.52. The second kappa shape index (κ2) is 7.69. The van der Waals surface area contributed by atoms with E-state index in [1.54, 1.807) is 6.33 Å². The first-order valence-electron chi connectivity index (χ1n) is 6.96. The average molecular weight is 258 g/mol. The molecule has 1 unspecified atom stereocenters. The van der Waals surface area contributed by atoms with Crippen LogP contribution in [0.3, 0.4) is 0 Å². The predicted molar refractivity (Wildman–Crippen MR) is 77.0 cm³/mol. The molecule has 0 bridgehead atoms. The van der Waals surface area contributed by atoms with Crippen LogP contribution in [0.5, 0.6) is 0 Å². The van der Waals surface area contributed by atoms with Gasteiger partial charge < -0.3 is 5.32 Å². The van der Waals surface area contributed by atoms with Crippen molar-refractivity contribution in [1.82, 2.24) is 20.5 Å². The van der Waals surface area contributed by atoms with Crippen molar-refractivity contribution >= 4 is 0 Å². The molecule has 0 aliphatic heterocycles. The van der Waals surface area contributed by atoms with E-state index >= 15 is 0 Å². The molecular weight excluding hydrogens is 236 g/mol. The SMILES string of the molecule is CC(CCNCCCc1ncn[nH]1)c1ccccc1. The summed E-state index contributed by atoms with van der Waals surface area (Å²) < 4.78 is 0. The molecular formula is C15H22N4. The maximum Gasteiger partial charge on any atom is 0.137 e. The van der Waals surface area contributed by atoms with Gasteiger partial charge in [-0.15, -0.1) is 0 Å². The number of rotatable bonds is 8. The molecule has 19 heavy (non-hydrogen) atoms. The lowest BCUT2D eigenvalue weighted by Gasteiger charge is -2.12. The summed E-state index contributed by atoms with van der Waals surface area (Å²) in [5, 5.41) is 10.2. The van der Waals surface area contributed by atoms with Crippen molar-refractivity contribution in [3.8, 4) is 0 Å². The number of aromatic nitrogens is 3.